The van der Waals surface area contributed by atoms with Crippen LogP contribution in [-0.2, 0) is 23.6 Å². The summed E-state index contributed by atoms with van der Waals surface area (Å²) in [5.74, 6) is 0.0849. The highest BCUT2D eigenvalue weighted by molar-refractivity contribution is 7.94. The van der Waals surface area contributed by atoms with Crippen molar-refractivity contribution in [3.63, 3.8) is 0 Å². The van der Waals surface area contributed by atoms with Gasteiger partial charge >= 0.3 is 6.09 Å². The zero-order valence-corrected chi connectivity index (χ0v) is 24.8. The van der Waals surface area contributed by atoms with E-state index in [-0.39, 0.29) is 42.5 Å². The molecule has 222 valence electrons. The Labute approximate surface area is 244 Å². The van der Waals surface area contributed by atoms with Crippen molar-refractivity contribution in [3.8, 4) is 6.07 Å². The number of nitrogens with zero attached hydrogens (tertiary/aromatic N) is 4. The third-order valence-corrected chi connectivity index (χ3v) is 8.86. The molecule has 5 rings (SSSR count). The fraction of sp³-hybridized carbons (Fsp3) is 0.643. The maximum atomic E-state index is 13.8. The average molecular weight is 587 g/mol. The number of benzene rings is 1. The number of ether oxygens (including phenoxy) is 1. The van der Waals surface area contributed by atoms with Crippen molar-refractivity contribution >= 4 is 30.0 Å². The highest BCUT2D eigenvalue weighted by Crippen LogP contribution is 2.48. The van der Waals surface area contributed by atoms with Gasteiger partial charge in [-0.2, -0.15) is 10.7 Å². The van der Waals surface area contributed by atoms with Crippen LogP contribution in [0, 0.1) is 17.2 Å². The van der Waals surface area contributed by atoms with Crippen molar-refractivity contribution < 1.29 is 28.4 Å². The Morgan fingerprint density at radius 3 is 2.56 bits per heavy atom. The Hall–Kier alpha value is -2.89. The fourth-order valence-corrected chi connectivity index (χ4v) is 6.82. The van der Waals surface area contributed by atoms with Gasteiger partial charge in [0.05, 0.1) is 30.2 Å². The number of carbonyl (C=O) groups excluding carboxylic acids is 3. The molecule has 1 saturated carbocycles. The molecule has 3 saturated heterocycles. The van der Waals surface area contributed by atoms with E-state index < -0.39 is 23.8 Å². The van der Waals surface area contributed by atoms with Crippen LogP contribution in [0.3, 0.4) is 0 Å². The van der Waals surface area contributed by atoms with Crippen molar-refractivity contribution in [2.45, 2.75) is 93.7 Å². The van der Waals surface area contributed by atoms with Gasteiger partial charge in [0.25, 0.3) is 0 Å². The van der Waals surface area contributed by atoms with Gasteiger partial charge in [0, 0.05) is 37.1 Å². The second kappa shape index (κ2) is 11.8. The van der Waals surface area contributed by atoms with Gasteiger partial charge in [-0.25, -0.2) is 4.79 Å². The van der Waals surface area contributed by atoms with Crippen LogP contribution in [0.2, 0.25) is 0 Å². The molecule has 4 fully saturated rings. The number of amides is 3. The fourth-order valence-electron chi connectivity index (χ4n) is 6.39. The summed E-state index contributed by atoms with van der Waals surface area (Å²) in [5.41, 5.74) is 2.71. The van der Waals surface area contributed by atoms with E-state index in [0.717, 1.165) is 28.9 Å². The molecule has 13 heteroatoms. The van der Waals surface area contributed by atoms with E-state index in [2.05, 4.69) is 21.9 Å². The number of nitriles is 1. The van der Waals surface area contributed by atoms with Gasteiger partial charge in [0.1, 0.15) is 17.7 Å². The average Bonchev–Trinajstić information content (AvgIpc) is 3.24. The first-order valence-electron chi connectivity index (χ1n) is 14.0. The van der Waals surface area contributed by atoms with Crippen LogP contribution in [0.4, 0.5) is 4.79 Å². The van der Waals surface area contributed by atoms with Gasteiger partial charge < -0.3 is 19.9 Å². The van der Waals surface area contributed by atoms with Gasteiger partial charge in [-0.3, -0.25) is 14.5 Å². The van der Waals surface area contributed by atoms with Crippen LogP contribution in [0.5, 0.6) is 0 Å². The standard InChI is InChI=1S/C28H38N6O6S/c1-16(17-6-8-21(9-7-17)41-40-39-30-5)33-20-12-24(26(33)36)32(14-20)15-22(31-27(37)38-28(2,3)4)25(35)34-19(13-29)10-18-11-23(18)34/h6-9,16,18-20,22-24,30H,10-12,14-15H2,1-5H3,(H,31,37)/t16-,18-,19+,20+,22+,23+,24+/m1/s1. The highest BCUT2D eigenvalue weighted by atomic mass is 32.2. The van der Waals surface area contributed by atoms with Gasteiger partial charge in [-0.1, -0.05) is 12.1 Å². The summed E-state index contributed by atoms with van der Waals surface area (Å²) < 4.78 is 10.4. The van der Waals surface area contributed by atoms with E-state index in [9.17, 15) is 19.6 Å². The van der Waals surface area contributed by atoms with Gasteiger partial charge in [0.2, 0.25) is 11.8 Å². The number of rotatable bonds is 10. The minimum absolute atomic E-state index is 0.00681. The number of piperazine rings is 1. The quantitative estimate of drug-likeness (QED) is 0.182. The summed E-state index contributed by atoms with van der Waals surface area (Å²) in [6, 6.07) is 8.15. The highest BCUT2D eigenvalue weighted by Gasteiger charge is 2.56. The van der Waals surface area contributed by atoms with E-state index in [0.29, 0.717) is 25.3 Å². The summed E-state index contributed by atoms with van der Waals surface area (Å²) in [6.07, 6.45) is 1.53. The third kappa shape index (κ3) is 6.32. The minimum Gasteiger partial charge on any atom is -0.444 e. The van der Waals surface area contributed by atoms with E-state index >= 15 is 0 Å². The van der Waals surface area contributed by atoms with Crippen LogP contribution in [-0.4, -0.2) is 88.6 Å². The second-order valence-corrected chi connectivity index (χ2v) is 13.0. The molecule has 0 spiro atoms. The minimum atomic E-state index is -0.919. The van der Waals surface area contributed by atoms with E-state index in [1.807, 2.05) is 41.0 Å². The van der Waals surface area contributed by atoms with Gasteiger partial charge in [-0.05, 0) is 70.6 Å². The lowest BCUT2D eigenvalue weighted by Gasteiger charge is -2.39. The number of carbonyl (C=O) groups is 3. The van der Waals surface area contributed by atoms with E-state index in [1.54, 1.807) is 32.7 Å². The Morgan fingerprint density at radius 1 is 1.20 bits per heavy atom. The molecule has 3 heterocycles. The monoisotopic (exact) mass is 586 g/mol. The summed E-state index contributed by atoms with van der Waals surface area (Å²) in [7, 11) is 1.60. The zero-order valence-electron chi connectivity index (χ0n) is 24.0. The zero-order chi connectivity index (χ0) is 29.5. The van der Waals surface area contributed by atoms with Crippen LogP contribution in [0.15, 0.2) is 29.2 Å². The molecule has 41 heavy (non-hydrogen) atoms. The van der Waals surface area contributed by atoms with Gasteiger partial charge in [0.15, 0.2) is 0 Å². The molecule has 0 unspecified atom stereocenters. The number of nitrogens with one attached hydrogen (secondary N) is 2. The van der Waals surface area contributed by atoms with Crippen molar-refractivity contribution in [2.75, 3.05) is 20.1 Å². The molecule has 7 atom stereocenters. The van der Waals surface area contributed by atoms with Crippen molar-refractivity contribution in [2.24, 2.45) is 5.92 Å². The normalized spacial score (nSPS) is 28.3. The first-order chi connectivity index (χ1) is 19.5. The van der Waals surface area contributed by atoms with Crippen LogP contribution in [0.1, 0.15) is 58.6 Å². The molecular formula is C28H38N6O6S. The number of alkyl carbamates (subject to hydrolysis) is 1. The molecule has 1 aliphatic carbocycles. The predicted molar refractivity (Wildman–Crippen MR) is 148 cm³/mol. The molecule has 0 radical (unpaired) electrons. The molecule has 2 N–H and O–H groups in total. The number of hydrogen-bond donors (Lipinski definition) is 2. The Bertz CT molecular complexity index is 1200. The smallest absolute Gasteiger partial charge is 0.408 e. The first kappa shape index (κ1) is 29.6. The second-order valence-electron chi connectivity index (χ2n) is 12.2. The third-order valence-electron chi connectivity index (χ3n) is 8.26. The molecule has 12 nitrogen and oxygen atoms in total. The van der Waals surface area contributed by atoms with Crippen molar-refractivity contribution in [1.82, 2.24) is 25.5 Å². The summed E-state index contributed by atoms with van der Waals surface area (Å²) in [4.78, 5) is 51.2. The van der Waals surface area contributed by atoms with Gasteiger partial charge in [-0.15, -0.1) is 9.32 Å². The number of fused-ring (bicyclic) bond motifs is 3. The molecule has 1 aromatic carbocycles. The summed E-state index contributed by atoms with van der Waals surface area (Å²) in [6.45, 7) is 8.07. The lowest BCUT2D eigenvalue weighted by atomic mass is 10.1. The number of piperidine rings is 1. The lowest BCUT2D eigenvalue weighted by Crippen LogP contribution is -2.59. The van der Waals surface area contributed by atoms with Crippen LogP contribution >= 0.6 is 12.0 Å². The molecule has 4 aliphatic rings. The number of hydroxylamine groups is 1. The number of hydrogen-bond acceptors (Lipinski definition) is 10. The first-order valence-corrected chi connectivity index (χ1v) is 14.8. The maximum absolute atomic E-state index is 13.8. The molecule has 0 aromatic heterocycles. The Kier molecular flexibility index (Phi) is 8.50. The summed E-state index contributed by atoms with van der Waals surface area (Å²) in [5, 5.41) is 12.4. The summed E-state index contributed by atoms with van der Waals surface area (Å²) >= 11 is 1.08. The molecule has 3 aliphatic heterocycles. The van der Waals surface area contributed by atoms with Crippen molar-refractivity contribution in [1.29, 1.82) is 5.26 Å². The largest absolute Gasteiger partial charge is 0.444 e. The Balaban J connectivity index is 1.26. The topological polar surface area (TPSA) is 136 Å². The molecule has 3 amide bonds. The van der Waals surface area contributed by atoms with E-state index in [4.69, 9.17) is 9.07 Å². The van der Waals surface area contributed by atoms with Crippen molar-refractivity contribution in [3.05, 3.63) is 29.8 Å². The Morgan fingerprint density at radius 2 is 1.93 bits per heavy atom. The number of likely N-dealkylation sites (tertiary alicyclic amines) is 3. The van der Waals surface area contributed by atoms with Crippen LogP contribution < -0.4 is 10.8 Å². The molecule has 2 bridgehead atoms. The predicted octanol–water partition coefficient (Wildman–Crippen LogP) is 2.53. The molecular weight excluding hydrogens is 548 g/mol. The lowest BCUT2D eigenvalue weighted by molar-refractivity contribution is -0.237. The SMILES string of the molecule is CNOOSc1ccc([C@@H](C)N2C(=O)[C@@H]3C[C@H]2CN3C[C@H](NC(=O)OC(C)(C)C)C(=O)N2[C@H](C#N)C[C@@H]3C[C@@H]32)cc1. The van der Waals surface area contributed by atoms with E-state index in [1.165, 1.54) is 0 Å². The molecule has 1 aromatic rings. The van der Waals surface area contributed by atoms with Crippen LogP contribution in [0.25, 0.3) is 0 Å². The maximum Gasteiger partial charge on any atom is 0.408 e.